The fraction of sp³-hybridized carbons (Fsp3) is 0.292. The number of amides is 1. The van der Waals surface area contributed by atoms with Gasteiger partial charge in [-0.15, -0.1) is 0 Å². The highest BCUT2D eigenvalue weighted by Crippen LogP contribution is 2.37. The number of halogens is 3. The second-order valence-electron chi connectivity index (χ2n) is 7.97. The molecule has 0 radical (unpaired) electrons. The van der Waals surface area contributed by atoms with Crippen LogP contribution in [0.4, 0.5) is 36.3 Å². The Hall–Kier alpha value is -3.23. The van der Waals surface area contributed by atoms with Crippen LogP contribution in [0.15, 0.2) is 48.7 Å². The number of nitrogens with zero attached hydrogens (tertiary/aromatic N) is 3. The highest BCUT2D eigenvalue weighted by molar-refractivity contribution is 7.31. The quantitative estimate of drug-likeness (QED) is 0.302. The summed E-state index contributed by atoms with van der Waals surface area (Å²) in [5, 5.41) is 5.70. The molecule has 0 bridgehead atoms. The minimum absolute atomic E-state index is 0.00214. The molecule has 7 nitrogen and oxygen atoms in total. The zero-order chi connectivity index (χ0) is 25.0. The van der Waals surface area contributed by atoms with Crippen LogP contribution in [0.1, 0.15) is 34.0 Å². The summed E-state index contributed by atoms with van der Waals surface area (Å²) in [5.41, 5.74) is 2.10. The highest BCUT2D eigenvalue weighted by Gasteiger charge is 2.36. The van der Waals surface area contributed by atoms with Gasteiger partial charge in [-0.3, -0.25) is 4.79 Å². The number of anilines is 4. The average Bonchev–Trinajstić information content (AvgIpc) is 2.82. The number of likely N-dealkylation sites (N-methyl/N-ethyl adjacent to an activating group) is 1. The number of carbonyl (C=O) groups is 1. The minimum atomic E-state index is -4.68. The van der Waals surface area contributed by atoms with Gasteiger partial charge >= 0.3 is 6.18 Å². The summed E-state index contributed by atoms with van der Waals surface area (Å²) in [5.74, 6) is -0.683. The molecule has 2 heterocycles. The first-order chi connectivity index (χ1) is 16.8. The van der Waals surface area contributed by atoms with E-state index < -0.39 is 17.6 Å². The van der Waals surface area contributed by atoms with Crippen molar-refractivity contribution in [1.29, 1.82) is 0 Å². The number of hydrogen-bond donors (Lipinski definition) is 2. The molecule has 1 atom stereocenters. The van der Waals surface area contributed by atoms with Crippen molar-refractivity contribution in [3.63, 3.8) is 0 Å². The van der Waals surface area contributed by atoms with Gasteiger partial charge in [-0.1, -0.05) is 24.3 Å². The van der Waals surface area contributed by atoms with Gasteiger partial charge in [0.25, 0.3) is 5.91 Å². The molecule has 184 valence electrons. The van der Waals surface area contributed by atoms with Crippen LogP contribution in [-0.2, 0) is 23.3 Å². The molecule has 35 heavy (non-hydrogen) atoms. The molecule has 0 aliphatic carbocycles. The fourth-order valence-electron chi connectivity index (χ4n) is 3.69. The van der Waals surface area contributed by atoms with E-state index in [1.165, 1.54) is 0 Å². The van der Waals surface area contributed by atoms with E-state index in [2.05, 4.69) is 20.6 Å². The van der Waals surface area contributed by atoms with Crippen LogP contribution < -0.4 is 10.6 Å². The van der Waals surface area contributed by atoms with Crippen molar-refractivity contribution in [2.75, 3.05) is 30.8 Å². The van der Waals surface area contributed by atoms with Crippen molar-refractivity contribution in [2.24, 2.45) is 0 Å². The summed E-state index contributed by atoms with van der Waals surface area (Å²) in [6.07, 6.45) is -2.54. The third-order valence-corrected chi connectivity index (χ3v) is 6.55. The number of rotatable bonds is 8. The molecule has 1 unspecified atom stereocenters. The summed E-state index contributed by atoms with van der Waals surface area (Å²) in [6.45, 7) is 3.15. The maximum absolute atomic E-state index is 13.7. The average molecular weight is 503 g/mol. The Morgan fingerprint density at radius 3 is 2.63 bits per heavy atom. The molecule has 2 aromatic carbocycles. The van der Waals surface area contributed by atoms with Gasteiger partial charge in [0.15, 0.2) is 0 Å². The zero-order valence-electron chi connectivity index (χ0n) is 19.2. The molecule has 1 aromatic heterocycles. The van der Waals surface area contributed by atoms with Gasteiger partial charge in [-0.05, 0) is 42.7 Å². The lowest BCUT2D eigenvalue weighted by atomic mass is 9.97. The Labute approximate surface area is 203 Å². The molecule has 4 rings (SSSR count). The predicted molar refractivity (Wildman–Crippen MR) is 131 cm³/mol. The van der Waals surface area contributed by atoms with Crippen LogP contribution in [0.5, 0.6) is 0 Å². The first kappa shape index (κ1) is 24.9. The van der Waals surface area contributed by atoms with Gasteiger partial charge in [-0.25, -0.2) is 4.98 Å². The minimum Gasteiger partial charge on any atom is -0.362 e. The predicted octanol–water partition coefficient (Wildman–Crippen LogP) is 5.74. The SMILES string of the molecule is CCOPCc1ccc(Nc2ncc(C(F)(F)F)c(Nc3cccc4c3C(=O)N(C)CC4)n2)cc1. The van der Waals surface area contributed by atoms with Crippen LogP contribution in [-0.4, -0.2) is 41.0 Å². The van der Waals surface area contributed by atoms with Crippen LogP contribution >= 0.6 is 8.81 Å². The molecule has 1 amide bonds. The molecule has 0 saturated heterocycles. The van der Waals surface area contributed by atoms with Gasteiger partial charge in [0.1, 0.15) is 11.4 Å². The van der Waals surface area contributed by atoms with E-state index in [0.717, 1.165) is 23.5 Å². The van der Waals surface area contributed by atoms with Crippen molar-refractivity contribution in [1.82, 2.24) is 14.9 Å². The second kappa shape index (κ2) is 10.6. The topological polar surface area (TPSA) is 79.4 Å². The highest BCUT2D eigenvalue weighted by atomic mass is 31.1. The van der Waals surface area contributed by atoms with E-state index in [-0.39, 0.29) is 17.5 Å². The number of fused-ring (bicyclic) bond motifs is 1. The standard InChI is InChI=1S/C24H25F3N5O2P/c1-3-34-35-14-15-7-9-17(10-8-15)29-23-28-13-18(24(25,26)27)21(31-23)30-19-6-4-5-16-11-12-32(2)22(33)20(16)19/h4-10,13,35H,3,11-12,14H2,1-2H3,(H2,28,29,30,31). The van der Waals surface area contributed by atoms with Crippen LogP contribution in [0.2, 0.25) is 0 Å². The van der Waals surface area contributed by atoms with Gasteiger partial charge in [0.2, 0.25) is 5.95 Å². The lowest BCUT2D eigenvalue weighted by Gasteiger charge is -2.27. The number of carbonyl (C=O) groups excluding carboxylic acids is 1. The summed E-state index contributed by atoms with van der Waals surface area (Å²) in [6, 6.07) is 12.5. The first-order valence-electron chi connectivity index (χ1n) is 11.1. The van der Waals surface area contributed by atoms with Gasteiger partial charge in [0.05, 0.1) is 11.3 Å². The monoisotopic (exact) mass is 503 g/mol. The molecule has 0 fully saturated rings. The lowest BCUT2D eigenvalue weighted by Crippen LogP contribution is -2.34. The van der Waals surface area contributed by atoms with E-state index in [4.69, 9.17) is 4.52 Å². The largest absolute Gasteiger partial charge is 0.421 e. The molecule has 1 aliphatic rings. The Balaban J connectivity index is 1.61. The van der Waals surface area contributed by atoms with Crippen molar-refractivity contribution in [3.8, 4) is 0 Å². The summed E-state index contributed by atoms with van der Waals surface area (Å²) in [7, 11) is 2.03. The number of aromatic nitrogens is 2. The van der Waals surface area contributed by atoms with Crippen LogP contribution in [0.25, 0.3) is 0 Å². The molecule has 11 heteroatoms. The van der Waals surface area contributed by atoms with Crippen LogP contribution in [0, 0.1) is 0 Å². The number of nitrogens with one attached hydrogen (secondary N) is 2. The molecule has 3 aromatic rings. The van der Waals surface area contributed by atoms with Gasteiger partial charge < -0.3 is 20.1 Å². The maximum atomic E-state index is 13.7. The Kier molecular flexibility index (Phi) is 7.52. The lowest BCUT2D eigenvalue weighted by molar-refractivity contribution is -0.137. The molecule has 1 aliphatic heterocycles. The van der Waals surface area contributed by atoms with Crippen molar-refractivity contribution >= 4 is 37.9 Å². The Bertz CT molecular complexity index is 1200. The zero-order valence-corrected chi connectivity index (χ0v) is 20.2. The van der Waals surface area contributed by atoms with Crippen molar-refractivity contribution < 1.29 is 22.5 Å². The van der Waals surface area contributed by atoms with E-state index in [0.29, 0.717) is 39.6 Å². The van der Waals surface area contributed by atoms with Gasteiger partial charge in [-0.2, -0.15) is 18.2 Å². The summed E-state index contributed by atoms with van der Waals surface area (Å²) < 4.78 is 46.6. The van der Waals surface area contributed by atoms with E-state index in [1.807, 2.05) is 37.3 Å². The van der Waals surface area contributed by atoms with E-state index in [9.17, 15) is 18.0 Å². The maximum Gasteiger partial charge on any atom is 0.421 e. The number of benzene rings is 2. The van der Waals surface area contributed by atoms with Gasteiger partial charge in [0, 0.05) is 47.1 Å². The summed E-state index contributed by atoms with van der Waals surface area (Å²) in [4.78, 5) is 22.3. The van der Waals surface area contributed by atoms with E-state index >= 15 is 0 Å². The van der Waals surface area contributed by atoms with E-state index in [1.54, 1.807) is 24.1 Å². The molecule has 0 saturated carbocycles. The van der Waals surface area contributed by atoms with Crippen molar-refractivity contribution in [3.05, 3.63) is 70.9 Å². The third-order valence-electron chi connectivity index (χ3n) is 5.51. The third kappa shape index (κ3) is 5.89. The normalized spacial score (nSPS) is 13.9. The fourth-order valence-corrected chi connectivity index (χ4v) is 4.40. The smallest absolute Gasteiger partial charge is 0.362 e. The summed E-state index contributed by atoms with van der Waals surface area (Å²) >= 11 is 0. The first-order valence-corrected chi connectivity index (χ1v) is 12.2. The van der Waals surface area contributed by atoms with Crippen molar-refractivity contribution in [2.45, 2.75) is 25.7 Å². The van der Waals surface area contributed by atoms with Crippen LogP contribution in [0.3, 0.4) is 0 Å². The Morgan fingerprint density at radius 1 is 1.14 bits per heavy atom. The number of hydrogen-bond acceptors (Lipinski definition) is 6. The molecule has 0 spiro atoms. The second-order valence-corrected chi connectivity index (χ2v) is 8.90. The molecular formula is C24H25F3N5O2P. The Morgan fingerprint density at radius 2 is 1.91 bits per heavy atom. The molecule has 2 N–H and O–H groups in total. The molecular weight excluding hydrogens is 478 g/mol. The number of alkyl halides is 3.